The lowest BCUT2D eigenvalue weighted by molar-refractivity contribution is -0.122. The number of carbonyl (C=O) groups is 1. The fourth-order valence-corrected chi connectivity index (χ4v) is 2.43. The van der Waals surface area contributed by atoms with Crippen LogP contribution >= 0.6 is 0 Å². The van der Waals surface area contributed by atoms with Gasteiger partial charge in [0.2, 0.25) is 5.91 Å². The molecule has 1 aliphatic carbocycles. The number of benzene rings is 1. The van der Waals surface area contributed by atoms with Crippen molar-refractivity contribution in [2.24, 2.45) is 5.92 Å². The number of amides is 1. The predicted octanol–water partition coefficient (Wildman–Crippen LogP) is 2.04. The van der Waals surface area contributed by atoms with Crippen LogP contribution in [0.4, 0.5) is 0 Å². The van der Waals surface area contributed by atoms with Crippen LogP contribution in [0.1, 0.15) is 25.3 Å². The quantitative estimate of drug-likeness (QED) is 0.769. The Balaban J connectivity index is 1.97. The molecule has 1 saturated carbocycles. The normalized spacial score (nSPS) is 15.7. The lowest BCUT2D eigenvalue weighted by Gasteiger charge is -2.28. The first-order valence-corrected chi connectivity index (χ1v) is 7.19. The molecule has 2 rings (SSSR count). The van der Waals surface area contributed by atoms with Crippen LogP contribution in [-0.2, 0) is 11.3 Å². The molecule has 20 heavy (non-hydrogen) atoms. The van der Waals surface area contributed by atoms with Crippen molar-refractivity contribution in [2.45, 2.75) is 32.4 Å². The Morgan fingerprint density at radius 2 is 2.15 bits per heavy atom. The smallest absolute Gasteiger partial charge is 0.234 e. The van der Waals surface area contributed by atoms with E-state index in [0.29, 0.717) is 19.1 Å². The van der Waals surface area contributed by atoms with Gasteiger partial charge in [0.1, 0.15) is 0 Å². The molecule has 1 atom stereocenters. The zero-order valence-corrected chi connectivity index (χ0v) is 12.0. The van der Waals surface area contributed by atoms with E-state index in [9.17, 15) is 4.79 Å². The molecule has 0 heterocycles. The molecular weight excluding hydrogens is 248 g/mol. The summed E-state index contributed by atoms with van der Waals surface area (Å²) >= 11 is 0. The fraction of sp³-hybridized carbons (Fsp3) is 0.471. The first-order valence-electron chi connectivity index (χ1n) is 7.19. The molecule has 1 aromatic rings. The second-order valence-electron chi connectivity index (χ2n) is 5.45. The van der Waals surface area contributed by atoms with E-state index in [1.807, 2.05) is 18.2 Å². The Labute approximate surface area is 121 Å². The van der Waals surface area contributed by atoms with E-state index < -0.39 is 0 Å². The van der Waals surface area contributed by atoms with E-state index in [1.165, 1.54) is 18.4 Å². The first kappa shape index (κ1) is 14.6. The van der Waals surface area contributed by atoms with Crippen LogP contribution in [0.25, 0.3) is 0 Å². The first-order chi connectivity index (χ1) is 9.70. The highest BCUT2D eigenvalue weighted by Gasteiger charge is 2.32. The minimum atomic E-state index is 0.00591. The summed E-state index contributed by atoms with van der Waals surface area (Å²) in [6.07, 6.45) is 7.72. The summed E-state index contributed by atoms with van der Waals surface area (Å²) in [6.45, 7) is 3.74. The van der Waals surface area contributed by atoms with E-state index >= 15 is 0 Å². The molecule has 0 aromatic heterocycles. The molecule has 0 spiro atoms. The van der Waals surface area contributed by atoms with Gasteiger partial charge in [0.05, 0.1) is 13.1 Å². The van der Waals surface area contributed by atoms with Gasteiger partial charge in [-0.1, -0.05) is 36.3 Å². The number of hydrogen-bond donors (Lipinski definition) is 1. The number of nitrogens with zero attached hydrogens (tertiary/aromatic N) is 1. The van der Waals surface area contributed by atoms with Crippen LogP contribution in [-0.4, -0.2) is 29.9 Å². The molecule has 0 aliphatic heterocycles. The van der Waals surface area contributed by atoms with Crippen molar-refractivity contribution in [3.05, 3.63) is 35.9 Å². The summed E-state index contributed by atoms with van der Waals surface area (Å²) in [5, 5.41) is 2.75. The molecule has 0 saturated heterocycles. The van der Waals surface area contributed by atoms with Gasteiger partial charge < -0.3 is 5.32 Å². The summed E-state index contributed by atoms with van der Waals surface area (Å²) in [7, 11) is 0. The zero-order chi connectivity index (χ0) is 14.4. The molecular formula is C17H22N2O. The lowest BCUT2D eigenvalue weighted by atomic mass is 10.1. The number of rotatable bonds is 7. The highest BCUT2D eigenvalue weighted by Crippen LogP contribution is 2.35. The molecule has 1 aliphatic rings. The fourth-order valence-electron chi connectivity index (χ4n) is 2.43. The van der Waals surface area contributed by atoms with Crippen LogP contribution in [0.5, 0.6) is 0 Å². The van der Waals surface area contributed by atoms with Crippen molar-refractivity contribution >= 4 is 5.91 Å². The lowest BCUT2D eigenvalue weighted by Crippen LogP contribution is -2.42. The van der Waals surface area contributed by atoms with Gasteiger partial charge in [-0.05, 0) is 31.2 Å². The number of terminal acetylenes is 1. The minimum Gasteiger partial charge on any atom is -0.344 e. The Hall–Kier alpha value is -1.79. The third-order valence-corrected chi connectivity index (χ3v) is 3.84. The molecule has 3 heteroatoms. The summed E-state index contributed by atoms with van der Waals surface area (Å²) in [5.74, 6) is 3.18. The molecule has 1 fully saturated rings. The molecule has 1 amide bonds. The van der Waals surface area contributed by atoms with Crippen LogP contribution in [0.15, 0.2) is 30.3 Å². The maximum Gasteiger partial charge on any atom is 0.234 e. The van der Waals surface area contributed by atoms with E-state index in [4.69, 9.17) is 6.42 Å². The highest BCUT2D eigenvalue weighted by atomic mass is 16.2. The molecule has 3 nitrogen and oxygen atoms in total. The Kier molecular flexibility index (Phi) is 5.20. The second-order valence-corrected chi connectivity index (χ2v) is 5.45. The molecule has 0 radical (unpaired) electrons. The van der Waals surface area contributed by atoms with E-state index in [0.717, 1.165) is 12.5 Å². The maximum absolute atomic E-state index is 11.9. The van der Waals surface area contributed by atoms with Crippen molar-refractivity contribution in [2.75, 3.05) is 13.1 Å². The second kappa shape index (κ2) is 7.12. The van der Waals surface area contributed by atoms with Crippen LogP contribution in [0.2, 0.25) is 0 Å². The SMILES string of the molecule is C#CCNC(=O)CN(Cc1ccccc1)C(C)C1CC1. The average molecular weight is 270 g/mol. The van der Waals surface area contributed by atoms with Gasteiger partial charge in [-0.2, -0.15) is 0 Å². The van der Waals surface area contributed by atoms with Crippen molar-refractivity contribution in [1.82, 2.24) is 10.2 Å². The van der Waals surface area contributed by atoms with Gasteiger partial charge in [0.25, 0.3) is 0 Å². The minimum absolute atomic E-state index is 0.00591. The zero-order valence-electron chi connectivity index (χ0n) is 12.0. The van der Waals surface area contributed by atoms with Gasteiger partial charge in [0, 0.05) is 12.6 Å². The largest absolute Gasteiger partial charge is 0.344 e. The molecule has 1 N–H and O–H groups in total. The van der Waals surface area contributed by atoms with Crippen molar-refractivity contribution in [3.63, 3.8) is 0 Å². The summed E-state index contributed by atoms with van der Waals surface area (Å²) in [6, 6.07) is 10.7. The summed E-state index contributed by atoms with van der Waals surface area (Å²) < 4.78 is 0. The van der Waals surface area contributed by atoms with Crippen LogP contribution in [0.3, 0.4) is 0 Å². The van der Waals surface area contributed by atoms with E-state index in [2.05, 4.69) is 35.2 Å². The summed E-state index contributed by atoms with van der Waals surface area (Å²) in [4.78, 5) is 14.2. The third-order valence-electron chi connectivity index (χ3n) is 3.84. The molecule has 0 bridgehead atoms. The van der Waals surface area contributed by atoms with E-state index in [-0.39, 0.29) is 5.91 Å². The highest BCUT2D eigenvalue weighted by molar-refractivity contribution is 5.78. The monoisotopic (exact) mass is 270 g/mol. The van der Waals surface area contributed by atoms with Crippen molar-refractivity contribution < 1.29 is 4.79 Å². The van der Waals surface area contributed by atoms with Gasteiger partial charge in [-0.25, -0.2) is 0 Å². The molecule has 106 valence electrons. The van der Waals surface area contributed by atoms with Crippen molar-refractivity contribution in [1.29, 1.82) is 0 Å². The van der Waals surface area contributed by atoms with Crippen LogP contribution in [0, 0.1) is 18.3 Å². The van der Waals surface area contributed by atoms with Gasteiger partial charge in [0.15, 0.2) is 0 Å². The number of nitrogens with one attached hydrogen (secondary N) is 1. The topological polar surface area (TPSA) is 32.3 Å². The number of hydrogen-bond acceptors (Lipinski definition) is 2. The van der Waals surface area contributed by atoms with E-state index in [1.54, 1.807) is 0 Å². The molecule has 1 unspecified atom stereocenters. The number of carbonyl (C=O) groups excluding carboxylic acids is 1. The van der Waals surface area contributed by atoms with Gasteiger partial charge in [-0.15, -0.1) is 6.42 Å². The molecule has 1 aromatic carbocycles. The maximum atomic E-state index is 11.9. The Bertz CT molecular complexity index is 474. The summed E-state index contributed by atoms with van der Waals surface area (Å²) in [5.41, 5.74) is 1.24. The predicted molar refractivity (Wildman–Crippen MR) is 80.9 cm³/mol. The standard InChI is InChI=1S/C17H22N2O/c1-3-11-18-17(20)13-19(14(2)16-9-10-16)12-15-7-5-4-6-8-15/h1,4-8,14,16H,9-13H2,2H3,(H,18,20). The van der Waals surface area contributed by atoms with Gasteiger partial charge in [-0.3, -0.25) is 9.69 Å². The van der Waals surface area contributed by atoms with Crippen molar-refractivity contribution in [3.8, 4) is 12.3 Å². The Morgan fingerprint density at radius 1 is 1.45 bits per heavy atom. The van der Waals surface area contributed by atoms with Crippen LogP contribution < -0.4 is 5.32 Å². The average Bonchev–Trinajstić information content (AvgIpc) is 3.29. The Morgan fingerprint density at radius 3 is 2.75 bits per heavy atom. The van der Waals surface area contributed by atoms with Gasteiger partial charge >= 0.3 is 0 Å². The third kappa shape index (κ3) is 4.40.